The van der Waals surface area contributed by atoms with Gasteiger partial charge in [0.05, 0.1) is 6.04 Å². The van der Waals surface area contributed by atoms with E-state index in [2.05, 4.69) is 21.2 Å². The van der Waals surface area contributed by atoms with E-state index in [1.807, 2.05) is 30.3 Å². The summed E-state index contributed by atoms with van der Waals surface area (Å²) in [5.74, 6) is -2.04. The third-order valence-electron chi connectivity index (χ3n) is 5.48. The van der Waals surface area contributed by atoms with Gasteiger partial charge in [-0.3, -0.25) is 9.59 Å². The topological polar surface area (TPSA) is 102 Å². The van der Waals surface area contributed by atoms with Gasteiger partial charge >= 0.3 is 18.0 Å². The van der Waals surface area contributed by atoms with Crippen LogP contribution in [0.1, 0.15) is 38.3 Å². The molecule has 1 aliphatic heterocycles. The number of carboxylic acids is 1. The Hall–Kier alpha value is -2.87. The molecule has 3 rings (SSSR count). The predicted molar refractivity (Wildman–Crippen MR) is 126 cm³/mol. The summed E-state index contributed by atoms with van der Waals surface area (Å²) >= 11 is 3.36. The summed E-state index contributed by atoms with van der Waals surface area (Å²) < 4.78 is 11.8. The highest BCUT2D eigenvalue weighted by molar-refractivity contribution is 9.10. The van der Waals surface area contributed by atoms with Gasteiger partial charge in [0.1, 0.15) is 11.7 Å². The first-order valence-corrected chi connectivity index (χ1v) is 11.5. The number of nitrogens with one attached hydrogen (secondary N) is 1. The first-order chi connectivity index (χ1) is 15.5. The number of carbonyl (C=O) groups excluding carboxylic acids is 2. The molecule has 176 valence electrons. The van der Waals surface area contributed by atoms with Gasteiger partial charge < -0.3 is 19.9 Å². The van der Waals surface area contributed by atoms with E-state index >= 15 is 0 Å². The monoisotopic (exact) mass is 517 g/mol. The average molecular weight is 518 g/mol. The van der Waals surface area contributed by atoms with E-state index in [9.17, 15) is 19.5 Å². The summed E-state index contributed by atoms with van der Waals surface area (Å²) in [6.45, 7) is 5.26. The van der Waals surface area contributed by atoms with Crippen molar-refractivity contribution < 1.29 is 29.0 Å². The van der Waals surface area contributed by atoms with E-state index < -0.39 is 41.2 Å². The van der Waals surface area contributed by atoms with Gasteiger partial charge in [-0.25, -0.2) is 4.79 Å². The Morgan fingerprint density at radius 1 is 1.15 bits per heavy atom. The maximum Gasteiger partial charge on any atom is 0.408 e. The summed E-state index contributed by atoms with van der Waals surface area (Å²) in [5, 5.41) is 12.8. The lowest BCUT2D eigenvalue weighted by Gasteiger charge is -2.27. The quantitative estimate of drug-likeness (QED) is 0.413. The number of rotatable bonds is 7. The molecule has 33 heavy (non-hydrogen) atoms. The number of esters is 1. The summed E-state index contributed by atoms with van der Waals surface area (Å²) in [5.41, 5.74) is -0.823. The number of benzene rings is 2. The van der Waals surface area contributed by atoms with Crippen molar-refractivity contribution in [2.75, 3.05) is 0 Å². The van der Waals surface area contributed by atoms with Crippen LogP contribution >= 0.6 is 15.9 Å². The molecule has 0 aromatic heterocycles. The lowest BCUT2D eigenvalue weighted by atomic mass is 9.77. The van der Waals surface area contributed by atoms with E-state index in [4.69, 9.17) is 9.47 Å². The molecule has 7 nitrogen and oxygen atoms in total. The van der Waals surface area contributed by atoms with Gasteiger partial charge in [-0.1, -0.05) is 58.4 Å². The molecule has 1 aliphatic rings. The van der Waals surface area contributed by atoms with E-state index in [0.29, 0.717) is 12.0 Å². The van der Waals surface area contributed by atoms with Gasteiger partial charge in [0.15, 0.2) is 5.41 Å². The van der Waals surface area contributed by atoms with Crippen LogP contribution in [0.25, 0.3) is 0 Å². The minimum absolute atomic E-state index is 0.00452. The molecule has 8 heteroatoms. The van der Waals surface area contributed by atoms with Crippen LogP contribution in [0.5, 0.6) is 0 Å². The number of aliphatic carboxylic acids is 1. The van der Waals surface area contributed by atoms with E-state index in [1.54, 1.807) is 45.0 Å². The van der Waals surface area contributed by atoms with Crippen LogP contribution < -0.4 is 5.32 Å². The minimum atomic E-state index is -1.73. The zero-order valence-corrected chi connectivity index (χ0v) is 20.4. The molecule has 1 unspecified atom stereocenters. The lowest BCUT2D eigenvalue weighted by Crippen LogP contribution is -2.47. The third kappa shape index (κ3) is 6.35. The standard InChI is InChI=1S/C25H28BrNO6/c1-24(2,3)33-23(31)27-19(13-16-7-5-4-6-8-16)20-15-25(21(28)29,22(30)32-20)14-17-9-11-18(26)12-10-17/h4-12,19-20H,13-15H2,1-3H3,(H,27,31)(H,28,29)/t19-,20-,25?/m0/s1. The molecular weight excluding hydrogens is 490 g/mol. The van der Waals surface area contributed by atoms with Gasteiger partial charge in [-0.15, -0.1) is 0 Å². The van der Waals surface area contributed by atoms with Crippen LogP contribution in [-0.4, -0.2) is 40.9 Å². The second kappa shape index (κ2) is 9.95. The van der Waals surface area contributed by atoms with Crippen LogP contribution in [0.15, 0.2) is 59.1 Å². The maximum atomic E-state index is 12.9. The molecule has 0 aliphatic carbocycles. The molecule has 3 atom stereocenters. The summed E-state index contributed by atoms with van der Waals surface area (Å²) in [4.78, 5) is 37.8. The van der Waals surface area contributed by atoms with Crippen LogP contribution in [-0.2, 0) is 31.9 Å². The Morgan fingerprint density at radius 2 is 1.79 bits per heavy atom. The molecule has 0 bridgehead atoms. The number of ether oxygens (including phenoxy) is 2. The fraction of sp³-hybridized carbons (Fsp3) is 0.400. The zero-order chi connectivity index (χ0) is 24.2. The molecule has 1 saturated heterocycles. The third-order valence-corrected chi connectivity index (χ3v) is 6.01. The molecule has 1 fully saturated rings. The van der Waals surface area contributed by atoms with Crippen molar-refractivity contribution in [1.29, 1.82) is 0 Å². The number of amides is 1. The number of alkyl carbamates (subject to hydrolysis) is 1. The molecule has 2 aromatic carbocycles. The van der Waals surface area contributed by atoms with Crippen molar-refractivity contribution in [3.63, 3.8) is 0 Å². The van der Waals surface area contributed by atoms with E-state index in [1.165, 1.54) is 0 Å². The normalized spacial score (nSPS) is 21.2. The summed E-state index contributed by atoms with van der Waals surface area (Å²) in [6, 6.07) is 15.9. The largest absolute Gasteiger partial charge is 0.480 e. The van der Waals surface area contributed by atoms with Crippen molar-refractivity contribution >= 4 is 34.0 Å². The van der Waals surface area contributed by atoms with Crippen molar-refractivity contribution in [2.24, 2.45) is 5.41 Å². The fourth-order valence-corrected chi connectivity index (χ4v) is 4.16. The summed E-state index contributed by atoms with van der Waals surface area (Å²) in [7, 11) is 0. The second-order valence-corrected chi connectivity index (χ2v) is 10.2. The van der Waals surface area contributed by atoms with Crippen molar-refractivity contribution in [3.8, 4) is 0 Å². The number of hydrogen-bond acceptors (Lipinski definition) is 5. The van der Waals surface area contributed by atoms with E-state index in [-0.39, 0.29) is 12.8 Å². The smallest absolute Gasteiger partial charge is 0.408 e. The average Bonchev–Trinajstić information content (AvgIpc) is 3.06. The Kier molecular flexibility index (Phi) is 7.47. The molecule has 1 heterocycles. The maximum absolute atomic E-state index is 12.9. The molecule has 0 radical (unpaired) electrons. The Balaban J connectivity index is 1.86. The van der Waals surface area contributed by atoms with Crippen LogP contribution in [0, 0.1) is 5.41 Å². The SMILES string of the molecule is CC(C)(C)OC(=O)N[C@@H](Cc1ccccc1)[C@@H]1CC(Cc2ccc(Br)cc2)(C(=O)O)C(=O)O1. The Bertz CT molecular complexity index is 1000. The van der Waals surface area contributed by atoms with Crippen LogP contribution in [0.2, 0.25) is 0 Å². The highest BCUT2D eigenvalue weighted by Crippen LogP contribution is 2.39. The van der Waals surface area contributed by atoms with Gasteiger partial charge in [0, 0.05) is 10.9 Å². The van der Waals surface area contributed by atoms with Gasteiger partial charge in [-0.05, 0) is 56.9 Å². The number of carboxylic acid groups (broad SMARTS) is 1. The summed E-state index contributed by atoms with van der Waals surface area (Å²) in [6.07, 6.45) is -1.19. The first kappa shape index (κ1) is 24.8. The van der Waals surface area contributed by atoms with E-state index in [0.717, 1.165) is 10.0 Å². The molecule has 0 saturated carbocycles. The molecule has 2 aromatic rings. The first-order valence-electron chi connectivity index (χ1n) is 10.7. The second-order valence-electron chi connectivity index (χ2n) is 9.28. The molecule has 0 spiro atoms. The molecule has 2 N–H and O–H groups in total. The van der Waals surface area contributed by atoms with Gasteiger partial charge in [-0.2, -0.15) is 0 Å². The number of cyclic esters (lactones) is 1. The van der Waals surface area contributed by atoms with Crippen molar-refractivity contribution in [3.05, 3.63) is 70.2 Å². The van der Waals surface area contributed by atoms with Gasteiger partial charge in [0.25, 0.3) is 0 Å². The van der Waals surface area contributed by atoms with Crippen molar-refractivity contribution in [2.45, 2.75) is 57.8 Å². The van der Waals surface area contributed by atoms with Gasteiger partial charge in [0.2, 0.25) is 0 Å². The Labute approximate surface area is 201 Å². The molecular formula is C25H28BrNO6. The highest BCUT2D eigenvalue weighted by Gasteiger charge is 2.57. The van der Waals surface area contributed by atoms with Crippen LogP contribution in [0.3, 0.4) is 0 Å². The fourth-order valence-electron chi connectivity index (χ4n) is 3.89. The number of carbonyl (C=O) groups is 3. The van der Waals surface area contributed by atoms with Crippen LogP contribution in [0.4, 0.5) is 4.79 Å². The predicted octanol–water partition coefficient (Wildman–Crippen LogP) is 4.51. The minimum Gasteiger partial charge on any atom is -0.480 e. The number of halogens is 1. The highest BCUT2D eigenvalue weighted by atomic mass is 79.9. The number of hydrogen-bond donors (Lipinski definition) is 2. The lowest BCUT2D eigenvalue weighted by molar-refractivity contribution is -0.161. The Morgan fingerprint density at radius 3 is 2.36 bits per heavy atom. The van der Waals surface area contributed by atoms with Crippen molar-refractivity contribution in [1.82, 2.24) is 5.32 Å². The molecule has 1 amide bonds. The zero-order valence-electron chi connectivity index (χ0n) is 18.8.